The Morgan fingerprint density at radius 1 is 0.846 bits per heavy atom. The monoisotopic (exact) mass is 346 g/mol. The number of nitrogens with zero attached hydrogens (tertiary/aromatic N) is 3. The number of rotatable bonds is 4. The van der Waals surface area contributed by atoms with E-state index in [0.717, 1.165) is 11.1 Å². The van der Waals surface area contributed by atoms with E-state index >= 15 is 0 Å². The van der Waals surface area contributed by atoms with Crippen molar-refractivity contribution in [1.82, 2.24) is 15.0 Å². The van der Waals surface area contributed by atoms with Gasteiger partial charge in [0.2, 0.25) is 11.8 Å². The summed E-state index contributed by atoms with van der Waals surface area (Å²) >= 11 is 0. The summed E-state index contributed by atoms with van der Waals surface area (Å²) < 4.78 is 19.0. The van der Waals surface area contributed by atoms with Crippen LogP contribution in [0.1, 0.15) is 5.56 Å². The molecule has 0 saturated heterocycles. The lowest BCUT2D eigenvalue weighted by molar-refractivity contribution is 0.297. The van der Waals surface area contributed by atoms with Crippen LogP contribution in [0.25, 0.3) is 22.3 Å². The molecule has 26 heavy (non-hydrogen) atoms. The standard InChI is InChI=1S/C20H15FN4O/c21-15-8-6-14(7-9-15)16-10-11-17-18(23-16)19(25-20(22)24-17)26-12-13-4-2-1-3-5-13/h1-11H,12H2,(H2,22,24,25). The van der Waals surface area contributed by atoms with Crippen molar-refractivity contribution < 1.29 is 9.13 Å². The summed E-state index contributed by atoms with van der Waals surface area (Å²) in [6.45, 7) is 0.342. The molecule has 0 bridgehead atoms. The minimum absolute atomic E-state index is 0.122. The number of hydrogen-bond acceptors (Lipinski definition) is 5. The molecule has 0 fully saturated rings. The fraction of sp³-hybridized carbons (Fsp3) is 0.0500. The minimum atomic E-state index is -0.294. The molecule has 128 valence electrons. The maximum Gasteiger partial charge on any atom is 0.245 e. The van der Waals surface area contributed by atoms with E-state index in [0.29, 0.717) is 29.2 Å². The van der Waals surface area contributed by atoms with Crippen molar-refractivity contribution in [3.8, 4) is 17.1 Å². The van der Waals surface area contributed by atoms with Gasteiger partial charge in [0.05, 0.1) is 11.2 Å². The van der Waals surface area contributed by atoms with Crippen LogP contribution >= 0.6 is 0 Å². The Labute approximate surface area is 149 Å². The van der Waals surface area contributed by atoms with Gasteiger partial charge in [0.15, 0.2) is 5.52 Å². The van der Waals surface area contributed by atoms with E-state index in [1.165, 1.54) is 12.1 Å². The number of fused-ring (bicyclic) bond motifs is 1. The molecule has 0 radical (unpaired) electrons. The van der Waals surface area contributed by atoms with Gasteiger partial charge in [0, 0.05) is 5.56 Å². The van der Waals surface area contributed by atoms with Crippen molar-refractivity contribution in [1.29, 1.82) is 0 Å². The van der Waals surface area contributed by atoms with Crippen molar-refractivity contribution in [2.75, 3.05) is 5.73 Å². The van der Waals surface area contributed by atoms with Gasteiger partial charge in [-0.1, -0.05) is 30.3 Å². The normalized spacial score (nSPS) is 10.8. The summed E-state index contributed by atoms with van der Waals surface area (Å²) in [4.78, 5) is 13.0. The summed E-state index contributed by atoms with van der Waals surface area (Å²) in [5, 5.41) is 0. The molecule has 0 spiro atoms. The van der Waals surface area contributed by atoms with Crippen LogP contribution in [0, 0.1) is 5.82 Å². The molecule has 2 N–H and O–H groups in total. The molecule has 5 nitrogen and oxygen atoms in total. The molecule has 0 saturated carbocycles. The first-order chi connectivity index (χ1) is 12.7. The first-order valence-corrected chi connectivity index (χ1v) is 8.06. The summed E-state index contributed by atoms with van der Waals surface area (Å²) in [5.41, 5.74) is 9.36. The third-order valence-electron chi connectivity index (χ3n) is 3.89. The van der Waals surface area contributed by atoms with Crippen molar-refractivity contribution >= 4 is 17.0 Å². The van der Waals surface area contributed by atoms with Gasteiger partial charge in [0.25, 0.3) is 0 Å². The summed E-state index contributed by atoms with van der Waals surface area (Å²) in [7, 11) is 0. The highest BCUT2D eigenvalue weighted by Gasteiger charge is 2.11. The van der Waals surface area contributed by atoms with Crippen LogP contribution in [0.2, 0.25) is 0 Å². The average molecular weight is 346 g/mol. The van der Waals surface area contributed by atoms with Gasteiger partial charge >= 0.3 is 0 Å². The predicted molar refractivity (Wildman–Crippen MR) is 97.9 cm³/mol. The smallest absolute Gasteiger partial charge is 0.245 e. The minimum Gasteiger partial charge on any atom is -0.471 e. The molecular formula is C20H15FN4O. The second-order valence-electron chi connectivity index (χ2n) is 5.73. The first kappa shape index (κ1) is 16.0. The topological polar surface area (TPSA) is 73.9 Å². The molecule has 4 rings (SSSR count). The van der Waals surface area contributed by atoms with Crippen LogP contribution in [0.5, 0.6) is 5.88 Å². The van der Waals surface area contributed by atoms with Crippen molar-refractivity contribution in [2.24, 2.45) is 0 Å². The Morgan fingerprint density at radius 3 is 2.38 bits per heavy atom. The van der Waals surface area contributed by atoms with Gasteiger partial charge in [0.1, 0.15) is 12.4 Å². The first-order valence-electron chi connectivity index (χ1n) is 8.06. The SMILES string of the molecule is Nc1nc(OCc2ccccc2)c2nc(-c3ccc(F)cc3)ccc2n1. The Hall–Kier alpha value is -3.54. The highest BCUT2D eigenvalue weighted by Crippen LogP contribution is 2.26. The molecule has 0 aliphatic heterocycles. The highest BCUT2D eigenvalue weighted by atomic mass is 19.1. The van der Waals surface area contributed by atoms with Crippen molar-refractivity contribution in [3.05, 3.63) is 78.1 Å². The zero-order chi connectivity index (χ0) is 17.9. The quantitative estimate of drug-likeness (QED) is 0.605. The molecule has 2 aromatic heterocycles. The van der Waals surface area contributed by atoms with Crippen molar-refractivity contribution in [3.63, 3.8) is 0 Å². The molecule has 0 aliphatic carbocycles. The zero-order valence-corrected chi connectivity index (χ0v) is 13.8. The van der Waals surface area contributed by atoms with E-state index in [2.05, 4.69) is 15.0 Å². The predicted octanol–water partition coefficient (Wildman–Crippen LogP) is 3.99. The van der Waals surface area contributed by atoms with E-state index in [4.69, 9.17) is 10.5 Å². The molecule has 2 heterocycles. The van der Waals surface area contributed by atoms with Crippen LogP contribution in [0.3, 0.4) is 0 Å². The lowest BCUT2D eigenvalue weighted by atomic mass is 10.1. The highest BCUT2D eigenvalue weighted by molar-refractivity contribution is 5.83. The van der Waals surface area contributed by atoms with E-state index < -0.39 is 0 Å². The third kappa shape index (κ3) is 3.30. The molecule has 6 heteroatoms. The van der Waals surface area contributed by atoms with Gasteiger partial charge in [-0.25, -0.2) is 14.4 Å². The average Bonchev–Trinajstić information content (AvgIpc) is 2.67. The van der Waals surface area contributed by atoms with E-state index in [1.807, 2.05) is 36.4 Å². The molecule has 0 unspecified atom stereocenters. The lowest BCUT2D eigenvalue weighted by Crippen LogP contribution is -2.03. The number of hydrogen-bond donors (Lipinski definition) is 1. The second kappa shape index (κ2) is 6.76. The summed E-state index contributed by atoms with van der Waals surface area (Å²) in [6.07, 6.45) is 0. The molecule has 0 amide bonds. The molecular weight excluding hydrogens is 331 g/mol. The molecule has 0 atom stereocenters. The summed E-state index contributed by atoms with van der Waals surface area (Å²) in [6, 6.07) is 19.5. The fourth-order valence-electron chi connectivity index (χ4n) is 2.61. The van der Waals surface area contributed by atoms with E-state index in [1.54, 1.807) is 18.2 Å². The Kier molecular flexibility index (Phi) is 4.15. The number of nitrogens with two attached hydrogens (primary N) is 1. The van der Waals surface area contributed by atoms with Gasteiger partial charge < -0.3 is 10.5 Å². The molecule has 4 aromatic rings. The number of aromatic nitrogens is 3. The van der Waals surface area contributed by atoms with Gasteiger partial charge in [-0.05, 0) is 42.0 Å². The summed E-state index contributed by atoms with van der Waals surface area (Å²) in [5.74, 6) is 0.148. The van der Waals surface area contributed by atoms with Gasteiger partial charge in [-0.2, -0.15) is 4.98 Å². The second-order valence-corrected chi connectivity index (χ2v) is 5.73. The van der Waals surface area contributed by atoms with Gasteiger partial charge in [-0.15, -0.1) is 0 Å². The maximum absolute atomic E-state index is 13.2. The Bertz CT molecular complexity index is 1050. The lowest BCUT2D eigenvalue weighted by Gasteiger charge is -2.10. The van der Waals surface area contributed by atoms with Crippen LogP contribution in [-0.2, 0) is 6.61 Å². The number of pyridine rings is 1. The fourth-order valence-corrected chi connectivity index (χ4v) is 2.61. The van der Waals surface area contributed by atoms with Crippen molar-refractivity contribution in [2.45, 2.75) is 6.61 Å². The number of halogens is 1. The van der Waals surface area contributed by atoms with Crippen LogP contribution in [0.4, 0.5) is 10.3 Å². The largest absolute Gasteiger partial charge is 0.471 e. The van der Waals surface area contributed by atoms with E-state index in [-0.39, 0.29) is 11.8 Å². The number of anilines is 1. The van der Waals surface area contributed by atoms with E-state index in [9.17, 15) is 4.39 Å². The number of ether oxygens (including phenoxy) is 1. The Balaban J connectivity index is 1.73. The third-order valence-corrected chi connectivity index (χ3v) is 3.89. The molecule has 0 aliphatic rings. The van der Waals surface area contributed by atoms with Crippen LogP contribution in [0.15, 0.2) is 66.7 Å². The zero-order valence-electron chi connectivity index (χ0n) is 13.8. The maximum atomic E-state index is 13.2. The van der Waals surface area contributed by atoms with Gasteiger partial charge in [-0.3, -0.25) is 0 Å². The Morgan fingerprint density at radius 2 is 1.62 bits per heavy atom. The molecule has 2 aromatic carbocycles. The number of nitrogen functional groups attached to an aromatic ring is 1. The van der Waals surface area contributed by atoms with Crippen LogP contribution in [-0.4, -0.2) is 15.0 Å². The number of benzene rings is 2. The van der Waals surface area contributed by atoms with Crippen LogP contribution < -0.4 is 10.5 Å².